The van der Waals surface area contributed by atoms with Crippen molar-refractivity contribution in [1.29, 1.82) is 0 Å². The molecule has 0 saturated carbocycles. The first-order chi connectivity index (χ1) is 9.22. The Morgan fingerprint density at radius 1 is 1.40 bits per heavy atom. The molecule has 1 rings (SSSR count). The van der Waals surface area contributed by atoms with Crippen LogP contribution in [0.15, 0.2) is 0 Å². The van der Waals surface area contributed by atoms with Gasteiger partial charge < -0.3 is 11.1 Å². The lowest BCUT2D eigenvalue weighted by molar-refractivity contribution is -0.127. The zero-order chi connectivity index (χ0) is 15.4. The summed E-state index contributed by atoms with van der Waals surface area (Å²) in [5, 5.41) is 2.17. The fraction of sp³-hybridized carbons (Fsp3) is 0.909. The van der Waals surface area contributed by atoms with Crippen LogP contribution < -0.4 is 11.1 Å². The van der Waals surface area contributed by atoms with E-state index in [9.17, 15) is 22.0 Å². The van der Waals surface area contributed by atoms with E-state index in [2.05, 4.69) is 5.32 Å². The fourth-order valence-corrected chi connectivity index (χ4v) is 3.14. The summed E-state index contributed by atoms with van der Waals surface area (Å²) >= 11 is 0. The van der Waals surface area contributed by atoms with E-state index < -0.39 is 40.9 Å². The zero-order valence-electron chi connectivity index (χ0n) is 11.4. The van der Waals surface area contributed by atoms with E-state index in [0.717, 1.165) is 0 Å². The topological polar surface area (TPSA) is 92.5 Å². The van der Waals surface area contributed by atoms with Crippen molar-refractivity contribution in [2.75, 3.05) is 31.9 Å². The van der Waals surface area contributed by atoms with E-state index in [0.29, 0.717) is 12.8 Å². The van der Waals surface area contributed by atoms with Gasteiger partial charge in [0, 0.05) is 19.0 Å². The molecule has 0 atom stereocenters. The number of hydrogen-bond donors (Lipinski definition) is 2. The molecule has 1 saturated heterocycles. The van der Waals surface area contributed by atoms with Crippen molar-refractivity contribution in [1.82, 2.24) is 9.62 Å². The number of alkyl halides is 2. The molecular formula is C11H21F2N3O3S. The van der Waals surface area contributed by atoms with Crippen molar-refractivity contribution in [3.8, 4) is 0 Å². The summed E-state index contributed by atoms with van der Waals surface area (Å²) in [5.74, 6) is -3.98. The first kappa shape index (κ1) is 17.3. The Morgan fingerprint density at radius 3 is 2.40 bits per heavy atom. The summed E-state index contributed by atoms with van der Waals surface area (Å²) in [6.45, 7) is 0.461. The highest BCUT2D eigenvalue weighted by molar-refractivity contribution is 7.89. The maximum Gasteiger partial charge on any atom is 0.277 e. The molecule has 0 radical (unpaired) electrons. The average molecular weight is 313 g/mol. The summed E-state index contributed by atoms with van der Waals surface area (Å²) in [6.07, 6.45) is 0.693. The minimum absolute atomic E-state index is 0.0204. The Balaban J connectivity index is 2.44. The maximum absolute atomic E-state index is 12.9. The van der Waals surface area contributed by atoms with Gasteiger partial charge in [0.1, 0.15) is 0 Å². The monoisotopic (exact) mass is 313 g/mol. The van der Waals surface area contributed by atoms with Crippen molar-refractivity contribution in [3.05, 3.63) is 0 Å². The highest BCUT2D eigenvalue weighted by Gasteiger charge is 2.32. The molecule has 0 unspecified atom stereocenters. The van der Waals surface area contributed by atoms with Gasteiger partial charge in [-0.05, 0) is 19.8 Å². The second-order valence-electron chi connectivity index (χ2n) is 4.85. The number of nitrogens with one attached hydrogen (secondary N) is 1. The number of nitrogens with two attached hydrogens (primary N) is 1. The molecule has 1 aliphatic rings. The molecule has 0 aromatic heterocycles. The van der Waals surface area contributed by atoms with Crippen LogP contribution in [0, 0.1) is 5.92 Å². The quantitative estimate of drug-likeness (QED) is 0.708. The number of rotatable bonds is 6. The van der Waals surface area contributed by atoms with Gasteiger partial charge in [-0.1, -0.05) is 0 Å². The second-order valence-corrected chi connectivity index (χ2v) is 7.11. The van der Waals surface area contributed by atoms with Crippen molar-refractivity contribution in [2.45, 2.75) is 25.7 Å². The summed E-state index contributed by atoms with van der Waals surface area (Å²) in [4.78, 5) is 11.7. The lowest BCUT2D eigenvalue weighted by Crippen LogP contribution is -2.47. The van der Waals surface area contributed by atoms with Crippen LogP contribution in [0.5, 0.6) is 0 Å². The van der Waals surface area contributed by atoms with Gasteiger partial charge in [-0.2, -0.15) is 0 Å². The molecule has 6 nitrogen and oxygen atoms in total. The van der Waals surface area contributed by atoms with E-state index >= 15 is 0 Å². The summed E-state index contributed by atoms with van der Waals surface area (Å²) in [5.41, 5.74) is 4.88. The number of amides is 1. The molecule has 0 aromatic carbocycles. The normalized spacial score (nSPS) is 19.0. The minimum Gasteiger partial charge on any atom is -0.350 e. The van der Waals surface area contributed by atoms with Gasteiger partial charge >= 0.3 is 0 Å². The number of carbonyl (C=O) groups is 1. The van der Waals surface area contributed by atoms with Crippen LogP contribution in [0.3, 0.4) is 0 Å². The summed E-state index contributed by atoms with van der Waals surface area (Å²) < 4.78 is 50.5. The molecule has 0 aliphatic carbocycles. The van der Waals surface area contributed by atoms with Crippen LogP contribution in [0.25, 0.3) is 0 Å². The third-order valence-corrected chi connectivity index (χ3v) is 5.28. The van der Waals surface area contributed by atoms with Crippen LogP contribution in [0.1, 0.15) is 19.8 Å². The molecule has 0 bridgehead atoms. The van der Waals surface area contributed by atoms with Crippen LogP contribution in [-0.4, -0.2) is 56.5 Å². The van der Waals surface area contributed by atoms with E-state index in [1.54, 1.807) is 6.92 Å². The molecule has 1 heterocycles. The third kappa shape index (κ3) is 4.64. The molecule has 118 valence electrons. The van der Waals surface area contributed by atoms with E-state index in [1.807, 2.05) is 0 Å². The Bertz CT molecular complexity index is 434. The van der Waals surface area contributed by atoms with Crippen LogP contribution in [0.4, 0.5) is 8.78 Å². The second kappa shape index (κ2) is 6.77. The molecule has 1 aliphatic heterocycles. The fourth-order valence-electron chi connectivity index (χ4n) is 2.01. The largest absolute Gasteiger partial charge is 0.350 e. The lowest BCUT2D eigenvalue weighted by Gasteiger charge is -2.30. The number of sulfonamides is 1. The number of hydrogen-bond acceptors (Lipinski definition) is 4. The predicted molar refractivity (Wildman–Crippen MR) is 70.8 cm³/mol. The van der Waals surface area contributed by atoms with E-state index in [4.69, 9.17) is 5.73 Å². The smallest absolute Gasteiger partial charge is 0.277 e. The Hall–Kier alpha value is -0.800. The SMILES string of the molecule is CCS(=O)(=O)N1CCC(C(=O)NCC(F)(F)CN)CC1. The van der Waals surface area contributed by atoms with Gasteiger partial charge in [0.2, 0.25) is 15.9 Å². The van der Waals surface area contributed by atoms with Gasteiger partial charge in [0.05, 0.1) is 18.8 Å². The van der Waals surface area contributed by atoms with Gasteiger partial charge in [-0.15, -0.1) is 0 Å². The predicted octanol–water partition coefficient (Wildman–Crippen LogP) is -0.242. The molecule has 1 fully saturated rings. The Kier molecular flexibility index (Phi) is 5.84. The average Bonchev–Trinajstić information content (AvgIpc) is 2.45. The van der Waals surface area contributed by atoms with Crippen molar-refractivity contribution >= 4 is 15.9 Å². The van der Waals surface area contributed by atoms with Gasteiger partial charge in [-0.3, -0.25) is 4.79 Å². The first-order valence-corrected chi connectivity index (χ1v) is 8.16. The standard InChI is InChI=1S/C11H21F2N3O3S/c1-2-20(18,19)16-5-3-9(4-6-16)10(17)15-8-11(12,13)7-14/h9H,2-8,14H2,1H3,(H,15,17). The number of nitrogens with zero attached hydrogens (tertiary/aromatic N) is 1. The third-order valence-electron chi connectivity index (χ3n) is 3.40. The number of carbonyl (C=O) groups excluding carboxylic acids is 1. The lowest BCUT2D eigenvalue weighted by atomic mass is 9.97. The van der Waals surface area contributed by atoms with E-state index in [-0.39, 0.29) is 18.8 Å². The van der Waals surface area contributed by atoms with Gasteiger partial charge in [0.25, 0.3) is 5.92 Å². The molecule has 20 heavy (non-hydrogen) atoms. The van der Waals surface area contributed by atoms with Gasteiger partial charge in [0.15, 0.2) is 0 Å². The Morgan fingerprint density at radius 2 is 1.95 bits per heavy atom. The summed E-state index contributed by atoms with van der Waals surface area (Å²) in [6, 6.07) is 0. The van der Waals surface area contributed by atoms with Gasteiger partial charge in [-0.25, -0.2) is 21.5 Å². The minimum atomic E-state index is -3.24. The zero-order valence-corrected chi connectivity index (χ0v) is 12.3. The van der Waals surface area contributed by atoms with E-state index in [1.165, 1.54) is 4.31 Å². The molecule has 3 N–H and O–H groups in total. The molecular weight excluding hydrogens is 292 g/mol. The molecule has 1 amide bonds. The molecule has 9 heteroatoms. The first-order valence-electron chi connectivity index (χ1n) is 6.55. The van der Waals surface area contributed by atoms with Crippen LogP contribution >= 0.6 is 0 Å². The van der Waals surface area contributed by atoms with Crippen molar-refractivity contribution in [2.24, 2.45) is 11.7 Å². The maximum atomic E-state index is 12.9. The number of piperidine rings is 1. The van der Waals surface area contributed by atoms with Crippen LogP contribution in [-0.2, 0) is 14.8 Å². The molecule has 0 aromatic rings. The Labute approximate surface area is 117 Å². The number of halogens is 2. The highest BCUT2D eigenvalue weighted by Crippen LogP contribution is 2.20. The van der Waals surface area contributed by atoms with Crippen molar-refractivity contribution < 1.29 is 22.0 Å². The van der Waals surface area contributed by atoms with Crippen molar-refractivity contribution in [3.63, 3.8) is 0 Å². The molecule has 0 spiro atoms. The van der Waals surface area contributed by atoms with Crippen LogP contribution in [0.2, 0.25) is 0 Å². The summed E-state index contributed by atoms with van der Waals surface area (Å²) in [7, 11) is -3.24. The highest BCUT2D eigenvalue weighted by atomic mass is 32.2.